The molecule has 3 rings (SSSR count). The van der Waals surface area contributed by atoms with Crippen LogP contribution in [0.5, 0.6) is 0 Å². The van der Waals surface area contributed by atoms with Crippen molar-refractivity contribution in [1.29, 1.82) is 0 Å². The molecule has 92 valence electrons. The maximum Gasteiger partial charge on any atom is 0.214 e. The third-order valence-electron chi connectivity index (χ3n) is 2.54. The van der Waals surface area contributed by atoms with Crippen LogP contribution in [0.4, 0.5) is 5.95 Å². The van der Waals surface area contributed by atoms with Crippen molar-refractivity contribution in [2.45, 2.75) is 13.5 Å². The van der Waals surface area contributed by atoms with E-state index in [1.54, 1.807) is 23.0 Å². The Kier molecular flexibility index (Phi) is 2.45. The number of rotatable bonds is 2. The number of aromatic nitrogens is 4. The molecule has 0 fully saturated rings. The number of imidazole rings is 1. The number of anilines is 1. The van der Waals surface area contributed by atoms with Gasteiger partial charge < -0.3 is 10.2 Å². The van der Waals surface area contributed by atoms with Crippen LogP contribution in [0.2, 0.25) is 5.02 Å². The number of fused-ring (bicyclic) bond motifs is 1. The van der Waals surface area contributed by atoms with Crippen LogP contribution in [0.3, 0.4) is 0 Å². The zero-order valence-electron chi connectivity index (χ0n) is 9.59. The van der Waals surface area contributed by atoms with Crippen molar-refractivity contribution in [3.8, 4) is 0 Å². The van der Waals surface area contributed by atoms with E-state index < -0.39 is 0 Å². The maximum absolute atomic E-state index is 5.86. The first kappa shape index (κ1) is 11.0. The Morgan fingerprint density at radius 3 is 2.94 bits per heavy atom. The monoisotopic (exact) mass is 263 g/mol. The highest BCUT2D eigenvalue weighted by molar-refractivity contribution is 6.31. The van der Waals surface area contributed by atoms with E-state index >= 15 is 0 Å². The minimum Gasteiger partial charge on any atom is -0.444 e. The Balaban J connectivity index is 2.08. The van der Waals surface area contributed by atoms with Crippen LogP contribution in [-0.4, -0.2) is 19.5 Å². The normalized spacial score (nSPS) is 11.2. The molecular formula is C11H10ClN5O. The summed E-state index contributed by atoms with van der Waals surface area (Å²) in [4.78, 5) is 12.6. The fourth-order valence-corrected chi connectivity index (χ4v) is 1.92. The minimum absolute atomic E-state index is 0.357. The van der Waals surface area contributed by atoms with Gasteiger partial charge in [0, 0.05) is 6.20 Å². The first-order chi connectivity index (χ1) is 8.63. The lowest BCUT2D eigenvalue weighted by Gasteiger charge is -2.01. The molecule has 3 aromatic heterocycles. The molecule has 0 bridgehead atoms. The molecule has 0 aliphatic heterocycles. The Hall–Kier alpha value is -2.08. The first-order valence-corrected chi connectivity index (χ1v) is 5.70. The quantitative estimate of drug-likeness (QED) is 0.765. The molecule has 0 atom stereocenters. The third kappa shape index (κ3) is 1.80. The van der Waals surface area contributed by atoms with Gasteiger partial charge in [0.15, 0.2) is 5.65 Å². The van der Waals surface area contributed by atoms with Crippen LogP contribution in [-0.2, 0) is 6.54 Å². The zero-order valence-corrected chi connectivity index (χ0v) is 10.3. The molecule has 0 unspecified atom stereocenters. The van der Waals surface area contributed by atoms with Crippen LogP contribution in [0.25, 0.3) is 11.2 Å². The lowest BCUT2D eigenvalue weighted by Crippen LogP contribution is -2.05. The number of nitrogens with two attached hydrogens (primary N) is 1. The van der Waals surface area contributed by atoms with E-state index in [-0.39, 0.29) is 0 Å². The molecule has 18 heavy (non-hydrogen) atoms. The number of oxazole rings is 1. The summed E-state index contributed by atoms with van der Waals surface area (Å²) >= 11 is 5.86. The fraction of sp³-hybridized carbons (Fsp3) is 0.182. The summed E-state index contributed by atoms with van der Waals surface area (Å²) in [6.45, 7) is 2.23. The molecule has 0 saturated heterocycles. The second kappa shape index (κ2) is 3.99. The average Bonchev–Trinajstić information content (AvgIpc) is 2.84. The van der Waals surface area contributed by atoms with Crippen LogP contribution in [0, 0.1) is 6.92 Å². The van der Waals surface area contributed by atoms with E-state index in [0.717, 1.165) is 5.76 Å². The van der Waals surface area contributed by atoms with Crippen molar-refractivity contribution in [3.63, 3.8) is 0 Å². The van der Waals surface area contributed by atoms with Crippen LogP contribution in [0.15, 0.2) is 22.9 Å². The van der Waals surface area contributed by atoms with Crippen molar-refractivity contribution in [3.05, 3.63) is 35.1 Å². The lowest BCUT2D eigenvalue weighted by atomic mass is 10.4. The van der Waals surface area contributed by atoms with Crippen molar-refractivity contribution < 1.29 is 4.42 Å². The van der Waals surface area contributed by atoms with Gasteiger partial charge in [0.25, 0.3) is 0 Å². The fourth-order valence-electron chi connectivity index (χ4n) is 1.77. The highest BCUT2D eigenvalue weighted by Gasteiger charge is 2.12. The number of hydrogen-bond donors (Lipinski definition) is 1. The predicted molar refractivity (Wildman–Crippen MR) is 67.3 cm³/mol. The highest BCUT2D eigenvalue weighted by Crippen LogP contribution is 2.20. The summed E-state index contributed by atoms with van der Waals surface area (Å²) in [5, 5.41) is 0.527. The topological polar surface area (TPSA) is 82.8 Å². The molecule has 3 heterocycles. The number of halogens is 1. The van der Waals surface area contributed by atoms with E-state index in [2.05, 4.69) is 15.0 Å². The second-order valence-electron chi connectivity index (χ2n) is 3.92. The summed E-state index contributed by atoms with van der Waals surface area (Å²) in [5.74, 6) is 1.68. The molecule has 0 spiro atoms. The average molecular weight is 264 g/mol. The predicted octanol–water partition coefficient (Wildman–Crippen LogP) is 2.01. The van der Waals surface area contributed by atoms with Gasteiger partial charge in [0.1, 0.15) is 17.8 Å². The molecule has 0 aliphatic rings. The number of pyridine rings is 1. The summed E-state index contributed by atoms with van der Waals surface area (Å²) in [6.07, 6.45) is 3.22. The molecule has 0 radical (unpaired) electrons. The number of aryl methyl sites for hydroxylation is 1. The lowest BCUT2D eigenvalue weighted by molar-refractivity contribution is 0.460. The Morgan fingerprint density at radius 2 is 2.22 bits per heavy atom. The van der Waals surface area contributed by atoms with Gasteiger partial charge in [-0.1, -0.05) is 11.6 Å². The Morgan fingerprint density at radius 1 is 1.39 bits per heavy atom. The largest absolute Gasteiger partial charge is 0.444 e. The standard InChI is InChI=1S/C11H10ClN5O/c1-6-3-14-9(18-6)5-17-10-8(16-11(17)13)2-7(12)4-15-10/h2-4H,5H2,1H3,(H2,13,16). The zero-order chi connectivity index (χ0) is 12.7. The SMILES string of the molecule is Cc1cnc(Cn2c(N)nc3cc(Cl)cnc32)o1. The van der Waals surface area contributed by atoms with Gasteiger partial charge in [-0.05, 0) is 13.0 Å². The van der Waals surface area contributed by atoms with Gasteiger partial charge in [-0.2, -0.15) is 0 Å². The number of hydrogen-bond acceptors (Lipinski definition) is 5. The number of nitrogen functional groups attached to an aromatic ring is 1. The van der Waals surface area contributed by atoms with E-state index in [1.807, 2.05) is 6.92 Å². The summed E-state index contributed by atoms with van der Waals surface area (Å²) in [6, 6.07) is 1.72. The maximum atomic E-state index is 5.86. The third-order valence-corrected chi connectivity index (χ3v) is 2.75. The summed E-state index contributed by atoms with van der Waals surface area (Å²) in [5.41, 5.74) is 7.17. The van der Waals surface area contributed by atoms with Crippen molar-refractivity contribution >= 4 is 28.7 Å². The van der Waals surface area contributed by atoms with Gasteiger partial charge in [-0.25, -0.2) is 15.0 Å². The molecule has 2 N–H and O–H groups in total. The molecule has 6 nitrogen and oxygen atoms in total. The van der Waals surface area contributed by atoms with Crippen molar-refractivity contribution in [2.75, 3.05) is 5.73 Å². The molecule has 0 aliphatic carbocycles. The molecule has 0 amide bonds. The minimum atomic E-state index is 0.357. The van der Waals surface area contributed by atoms with Gasteiger partial charge in [0.05, 0.1) is 11.2 Å². The second-order valence-corrected chi connectivity index (χ2v) is 4.35. The van der Waals surface area contributed by atoms with Crippen molar-refractivity contribution in [1.82, 2.24) is 19.5 Å². The van der Waals surface area contributed by atoms with Gasteiger partial charge in [-0.3, -0.25) is 4.57 Å². The van der Waals surface area contributed by atoms with Crippen LogP contribution < -0.4 is 5.73 Å². The van der Waals surface area contributed by atoms with E-state index in [1.165, 1.54) is 0 Å². The molecule has 0 saturated carbocycles. The van der Waals surface area contributed by atoms with Gasteiger partial charge in [-0.15, -0.1) is 0 Å². The molecule has 3 aromatic rings. The Labute approximate surface area is 107 Å². The van der Waals surface area contributed by atoms with E-state index in [4.69, 9.17) is 21.8 Å². The van der Waals surface area contributed by atoms with Crippen LogP contribution in [0.1, 0.15) is 11.7 Å². The highest BCUT2D eigenvalue weighted by atomic mass is 35.5. The smallest absolute Gasteiger partial charge is 0.214 e. The molecule has 0 aromatic carbocycles. The van der Waals surface area contributed by atoms with E-state index in [9.17, 15) is 0 Å². The first-order valence-electron chi connectivity index (χ1n) is 5.32. The van der Waals surface area contributed by atoms with E-state index in [0.29, 0.717) is 34.6 Å². The van der Waals surface area contributed by atoms with Gasteiger partial charge >= 0.3 is 0 Å². The Bertz CT molecular complexity index is 717. The number of nitrogens with zero attached hydrogens (tertiary/aromatic N) is 4. The van der Waals surface area contributed by atoms with Crippen LogP contribution >= 0.6 is 11.6 Å². The summed E-state index contributed by atoms with van der Waals surface area (Å²) < 4.78 is 7.15. The van der Waals surface area contributed by atoms with Gasteiger partial charge in [0.2, 0.25) is 11.8 Å². The molecular weight excluding hydrogens is 254 g/mol. The summed E-state index contributed by atoms with van der Waals surface area (Å²) in [7, 11) is 0. The van der Waals surface area contributed by atoms with Crippen molar-refractivity contribution in [2.24, 2.45) is 0 Å². The molecule has 7 heteroatoms.